The molecule has 0 bridgehead atoms. The molecular formula is C19H18F2N6O2. The van der Waals surface area contributed by atoms with E-state index in [-0.39, 0.29) is 23.2 Å². The van der Waals surface area contributed by atoms with Crippen LogP contribution in [0.2, 0.25) is 0 Å². The third-order valence-corrected chi connectivity index (χ3v) is 3.80. The number of anilines is 3. The molecule has 0 atom stereocenters. The number of nitrogens with zero attached hydrogens (tertiary/aromatic N) is 4. The zero-order valence-electron chi connectivity index (χ0n) is 15.9. The first-order valence-corrected chi connectivity index (χ1v) is 8.52. The number of alkyl halides is 2. The molecule has 0 unspecified atom stereocenters. The van der Waals surface area contributed by atoms with Crippen molar-refractivity contribution in [2.24, 2.45) is 0 Å². The van der Waals surface area contributed by atoms with Gasteiger partial charge in [0.2, 0.25) is 11.8 Å². The maximum Gasteiger partial charge on any atom is 0.287 e. The van der Waals surface area contributed by atoms with Crippen LogP contribution in [0.3, 0.4) is 0 Å². The van der Waals surface area contributed by atoms with Crippen molar-refractivity contribution in [1.29, 1.82) is 0 Å². The third kappa shape index (κ3) is 4.98. The number of aromatic nitrogens is 4. The third-order valence-electron chi connectivity index (χ3n) is 3.80. The molecule has 3 aromatic rings. The lowest BCUT2D eigenvalue weighted by atomic mass is 10.1. The SMILES string of the molecule is COc1cc(-c2cnc(NC(C)=O)cc2Nc2cccc(C(C)(F)F)n2)ncn1. The van der Waals surface area contributed by atoms with Gasteiger partial charge in [0.05, 0.1) is 18.5 Å². The summed E-state index contributed by atoms with van der Waals surface area (Å²) in [5, 5.41) is 5.58. The summed E-state index contributed by atoms with van der Waals surface area (Å²) >= 11 is 0. The van der Waals surface area contributed by atoms with Crippen LogP contribution in [-0.2, 0) is 10.7 Å². The number of nitrogens with one attached hydrogen (secondary N) is 2. The maximum atomic E-state index is 13.6. The van der Waals surface area contributed by atoms with Crippen LogP contribution in [-0.4, -0.2) is 33.0 Å². The Morgan fingerprint density at radius 1 is 1.14 bits per heavy atom. The summed E-state index contributed by atoms with van der Waals surface area (Å²) in [5.74, 6) is -2.56. The van der Waals surface area contributed by atoms with Crippen molar-refractivity contribution in [3.8, 4) is 17.1 Å². The van der Waals surface area contributed by atoms with E-state index in [0.717, 1.165) is 6.92 Å². The van der Waals surface area contributed by atoms with Crippen molar-refractivity contribution in [3.05, 3.63) is 48.5 Å². The van der Waals surface area contributed by atoms with E-state index in [2.05, 4.69) is 30.6 Å². The van der Waals surface area contributed by atoms with E-state index >= 15 is 0 Å². The summed E-state index contributed by atoms with van der Waals surface area (Å²) in [6, 6.07) is 7.44. The molecule has 3 aromatic heterocycles. The molecule has 3 rings (SSSR count). The van der Waals surface area contributed by atoms with E-state index in [4.69, 9.17) is 4.74 Å². The number of ether oxygens (including phenoxy) is 1. The van der Waals surface area contributed by atoms with Crippen molar-refractivity contribution in [2.45, 2.75) is 19.8 Å². The van der Waals surface area contributed by atoms with Gasteiger partial charge in [0.1, 0.15) is 23.7 Å². The molecule has 0 aliphatic rings. The van der Waals surface area contributed by atoms with Gasteiger partial charge in [-0.1, -0.05) is 6.07 Å². The Kier molecular flexibility index (Phi) is 5.62. The molecule has 3 heterocycles. The van der Waals surface area contributed by atoms with Crippen LogP contribution in [0.1, 0.15) is 19.5 Å². The highest BCUT2D eigenvalue weighted by Crippen LogP contribution is 2.32. The predicted molar refractivity (Wildman–Crippen MR) is 103 cm³/mol. The normalized spacial score (nSPS) is 11.1. The lowest BCUT2D eigenvalue weighted by Gasteiger charge is -2.15. The van der Waals surface area contributed by atoms with Crippen LogP contribution in [0.25, 0.3) is 11.3 Å². The number of pyridine rings is 2. The molecule has 2 N–H and O–H groups in total. The smallest absolute Gasteiger partial charge is 0.287 e. The number of halogens is 2. The van der Waals surface area contributed by atoms with Crippen molar-refractivity contribution in [3.63, 3.8) is 0 Å². The lowest BCUT2D eigenvalue weighted by Crippen LogP contribution is -2.11. The van der Waals surface area contributed by atoms with E-state index in [1.165, 1.54) is 38.7 Å². The molecule has 0 aliphatic heterocycles. The van der Waals surface area contributed by atoms with E-state index in [1.807, 2.05) is 0 Å². The average molecular weight is 400 g/mol. The van der Waals surface area contributed by atoms with Gasteiger partial charge >= 0.3 is 0 Å². The van der Waals surface area contributed by atoms with Crippen molar-refractivity contribution < 1.29 is 18.3 Å². The lowest BCUT2D eigenvalue weighted by molar-refractivity contribution is -0.114. The second-order valence-electron chi connectivity index (χ2n) is 6.16. The van der Waals surface area contributed by atoms with Gasteiger partial charge in [-0.05, 0) is 12.1 Å². The van der Waals surface area contributed by atoms with Gasteiger partial charge in [-0.25, -0.2) is 19.9 Å². The van der Waals surface area contributed by atoms with E-state index in [1.54, 1.807) is 18.2 Å². The van der Waals surface area contributed by atoms with Crippen LogP contribution in [0, 0.1) is 0 Å². The number of hydrogen-bond acceptors (Lipinski definition) is 7. The fourth-order valence-corrected chi connectivity index (χ4v) is 2.50. The first-order chi connectivity index (χ1) is 13.8. The number of amides is 1. The highest BCUT2D eigenvalue weighted by molar-refractivity contribution is 5.89. The second kappa shape index (κ2) is 8.13. The Hall–Kier alpha value is -3.69. The average Bonchev–Trinajstić information content (AvgIpc) is 2.67. The zero-order chi connectivity index (χ0) is 21.0. The summed E-state index contributed by atoms with van der Waals surface area (Å²) in [7, 11) is 1.48. The largest absolute Gasteiger partial charge is 0.481 e. The molecule has 0 aromatic carbocycles. The van der Waals surface area contributed by atoms with Crippen molar-refractivity contribution in [2.75, 3.05) is 17.7 Å². The minimum atomic E-state index is -3.08. The van der Waals surface area contributed by atoms with Gasteiger partial charge in [-0.3, -0.25) is 4.79 Å². The van der Waals surface area contributed by atoms with E-state index in [0.29, 0.717) is 22.8 Å². The highest BCUT2D eigenvalue weighted by Gasteiger charge is 2.26. The summed E-state index contributed by atoms with van der Waals surface area (Å²) in [6.07, 6.45) is 2.82. The molecule has 0 saturated heterocycles. The fraction of sp³-hybridized carbons (Fsp3) is 0.211. The number of carbonyl (C=O) groups excluding carboxylic acids is 1. The summed E-state index contributed by atoms with van der Waals surface area (Å²) < 4.78 is 32.4. The van der Waals surface area contributed by atoms with Crippen molar-refractivity contribution in [1.82, 2.24) is 19.9 Å². The monoisotopic (exact) mass is 400 g/mol. The summed E-state index contributed by atoms with van der Waals surface area (Å²) in [6.45, 7) is 2.13. The molecule has 8 nitrogen and oxygen atoms in total. The van der Waals surface area contributed by atoms with E-state index < -0.39 is 5.92 Å². The van der Waals surface area contributed by atoms with Gasteiger partial charge in [-0.15, -0.1) is 0 Å². The second-order valence-corrected chi connectivity index (χ2v) is 6.16. The molecule has 0 spiro atoms. The van der Waals surface area contributed by atoms with Crippen LogP contribution in [0.5, 0.6) is 5.88 Å². The Balaban J connectivity index is 2.05. The van der Waals surface area contributed by atoms with Crippen LogP contribution >= 0.6 is 0 Å². The zero-order valence-corrected chi connectivity index (χ0v) is 15.9. The number of carbonyl (C=O) groups is 1. The van der Waals surface area contributed by atoms with Gasteiger partial charge in [0.25, 0.3) is 5.92 Å². The fourth-order valence-electron chi connectivity index (χ4n) is 2.50. The molecule has 0 radical (unpaired) electrons. The minimum absolute atomic E-state index is 0.200. The minimum Gasteiger partial charge on any atom is -0.481 e. The number of rotatable bonds is 6. The topological polar surface area (TPSA) is 102 Å². The standard InChI is InChI=1S/C19H18F2N6O2/c1-11(28)25-17-7-14(26-16-6-4-5-15(27-16)19(2,20)21)12(9-22-17)13-8-18(29-3)24-10-23-13/h4-10H,1-3H3,(H2,22,25,26,27,28). The van der Waals surface area contributed by atoms with Gasteiger partial charge in [0, 0.05) is 37.7 Å². The Morgan fingerprint density at radius 2 is 1.93 bits per heavy atom. The summed E-state index contributed by atoms with van der Waals surface area (Å²) in [5.41, 5.74) is 1.10. The van der Waals surface area contributed by atoms with Crippen LogP contribution < -0.4 is 15.4 Å². The van der Waals surface area contributed by atoms with Crippen molar-refractivity contribution >= 4 is 23.2 Å². The quantitative estimate of drug-likeness (QED) is 0.650. The van der Waals surface area contributed by atoms with Crippen LogP contribution in [0.4, 0.5) is 26.1 Å². The molecule has 0 aliphatic carbocycles. The number of methoxy groups -OCH3 is 1. The molecule has 0 fully saturated rings. The van der Waals surface area contributed by atoms with Crippen LogP contribution in [0.15, 0.2) is 42.9 Å². The first kappa shape index (κ1) is 20.1. The predicted octanol–water partition coefficient (Wildman–Crippen LogP) is 3.76. The maximum absolute atomic E-state index is 13.6. The molecule has 1 amide bonds. The molecule has 150 valence electrons. The molecule has 10 heteroatoms. The Labute approximate surface area is 165 Å². The van der Waals surface area contributed by atoms with Gasteiger partial charge in [0.15, 0.2) is 0 Å². The Bertz CT molecular complexity index is 1040. The molecular weight excluding hydrogens is 382 g/mol. The Morgan fingerprint density at radius 3 is 2.62 bits per heavy atom. The molecule has 29 heavy (non-hydrogen) atoms. The van der Waals surface area contributed by atoms with Gasteiger partial charge in [-0.2, -0.15) is 8.78 Å². The number of hydrogen-bond donors (Lipinski definition) is 2. The first-order valence-electron chi connectivity index (χ1n) is 8.52. The van der Waals surface area contributed by atoms with Gasteiger partial charge < -0.3 is 15.4 Å². The molecule has 0 saturated carbocycles. The van der Waals surface area contributed by atoms with E-state index in [9.17, 15) is 13.6 Å². The summed E-state index contributed by atoms with van der Waals surface area (Å²) in [4.78, 5) is 27.7. The highest BCUT2D eigenvalue weighted by atomic mass is 19.3.